The third kappa shape index (κ3) is 3.56. The molecule has 18 heavy (non-hydrogen) atoms. The molecule has 2 rings (SSSR count). The van der Waals surface area contributed by atoms with E-state index in [0.29, 0.717) is 12.5 Å². The van der Waals surface area contributed by atoms with Crippen LogP contribution in [0.2, 0.25) is 0 Å². The van der Waals surface area contributed by atoms with Crippen molar-refractivity contribution in [2.45, 2.75) is 13.0 Å². The molecule has 7 heteroatoms. The highest BCUT2D eigenvalue weighted by Crippen LogP contribution is 2.07. The van der Waals surface area contributed by atoms with E-state index in [1.54, 1.807) is 22.2 Å². The maximum atomic E-state index is 5.77. The molecule has 0 atom stereocenters. The molecule has 0 aliphatic carbocycles. The van der Waals surface area contributed by atoms with Gasteiger partial charge in [0, 0.05) is 18.5 Å². The van der Waals surface area contributed by atoms with Crippen molar-refractivity contribution in [3.63, 3.8) is 0 Å². The van der Waals surface area contributed by atoms with Crippen molar-refractivity contribution >= 4 is 17.3 Å². The average Bonchev–Trinajstić information content (AvgIpc) is 2.98. The second-order valence-electron chi connectivity index (χ2n) is 3.81. The predicted octanol–water partition coefficient (Wildman–Crippen LogP) is 0.524. The van der Waals surface area contributed by atoms with Crippen LogP contribution in [-0.4, -0.2) is 27.5 Å². The Hall–Kier alpha value is -1.89. The summed E-state index contributed by atoms with van der Waals surface area (Å²) >= 11 is 1.75. The fourth-order valence-electron chi connectivity index (χ4n) is 1.44. The Kier molecular flexibility index (Phi) is 4.30. The van der Waals surface area contributed by atoms with Crippen molar-refractivity contribution in [2.24, 2.45) is 17.8 Å². The van der Waals surface area contributed by atoms with E-state index in [4.69, 9.17) is 5.73 Å². The van der Waals surface area contributed by atoms with Crippen LogP contribution in [-0.2, 0) is 20.0 Å². The zero-order valence-corrected chi connectivity index (χ0v) is 11.0. The van der Waals surface area contributed by atoms with Gasteiger partial charge in [-0.3, -0.25) is 4.68 Å². The lowest BCUT2D eigenvalue weighted by molar-refractivity contribution is 0.677. The number of aliphatic imine (C=N–C) groups is 1. The Bertz CT molecular complexity index is 501. The summed E-state index contributed by atoms with van der Waals surface area (Å²) in [4.78, 5) is 5.57. The summed E-state index contributed by atoms with van der Waals surface area (Å²) in [5.74, 6) is 0.452. The van der Waals surface area contributed by atoms with Gasteiger partial charge in [0.15, 0.2) is 5.96 Å². The predicted molar refractivity (Wildman–Crippen MR) is 72.4 cm³/mol. The normalized spacial score (nSPS) is 11.7. The first-order valence-corrected chi connectivity index (χ1v) is 6.53. The van der Waals surface area contributed by atoms with Crippen LogP contribution in [0.1, 0.15) is 10.6 Å². The van der Waals surface area contributed by atoms with Crippen molar-refractivity contribution in [2.75, 3.05) is 6.54 Å². The molecule has 0 amide bonds. The van der Waals surface area contributed by atoms with Gasteiger partial charge in [-0.15, -0.1) is 16.4 Å². The average molecular weight is 264 g/mol. The molecular weight excluding hydrogens is 248 g/mol. The van der Waals surface area contributed by atoms with Gasteiger partial charge >= 0.3 is 0 Å². The topological polar surface area (TPSA) is 81.1 Å². The number of rotatable bonds is 5. The summed E-state index contributed by atoms with van der Waals surface area (Å²) in [6.07, 6.45) is 2.64. The number of nitrogens with one attached hydrogen (secondary N) is 1. The molecule has 2 aromatic rings. The minimum absolute atomic E-state index is 0.452. The van der Waals surface area contributed by atoms with Crippen molar-refractivity contribution < 1.29 is 0 Å². The quantitative estimate of drug-likeness (QED) is 0.609. The largest absolute Gasteiger partial charge is 0.370 e. The van der Waals surface area contributed by atoms with E-state index in [1.165, 1.54) is 4.88 Å². The van der Waals surface area contributed by atoms with Crippen molar-refractivity contribution in [1.82, 2.24) is 20.3 Å². The fraction of sp³-hybridized carbons (Fsp3) is 0.364. The first-order chi connectivity index (χ1) is 8.75. The van der Waals surface area contributed by atoms with E-state index >= 15 is 0 Å². The maximum Gasteiger partial charge on any atom is 0.188 e. The third-order valence-corrected chi connectivity index (χ3v) is 3.41. The zero-order valence-electron chi connectivity index (χ0n) is 10.2. The standard InChI is InChI=1S/C11H16N6S/c1-17-9(8-15-16-17)7-14-11(12)13-5-4-10-3-2-6-18-10/h2-3,6,8H,4-5,7H2,1H3,(H3,12,13,14). The molecule has 0 aromatic carbocycles. The summed E-state index contributed by atoms with van der Waals surface area (Å²) in [6, 6.07) is 4.16. The van der Waals surface area contributed by atoms with Crippen molar-refractivity contribution in [3.05, 3.63) is 34.3 Å². The number of hydrogen-bond donors (Lipinski definition) is 2. The van der Waals surface area contributed by atoms with Gasteiger partial charge < -0.3 is 11.1 Å². The summed E-state index contributed by atoms with van der Waals surface area (Å²) < 4.78 is 1.68. The van der Waals surface area contributed by atoms with Crippen LogP contribution in [0.25, 0.3) is 0 Å². The molecular formula is C11H16N6S. The Morgan fingerprint density at radius 3 is 3.17 bits per heavy atom. The third-order valence-electron chi connectivity index (χ3n) is 2.48. The van der Waals surface area contributed by atoms with Gasteiger partial charge in [-0.1, -0.05) is 11.3 Å². The second kappa shape index (κ2) is 6.15. The van der Waals surface area contributed by atoms with Crippen LogP contribution in [0.4, 0.5) is 0 Å². The zero-order chi connectivity index (χ0) is 12.8. The highest BCUT2D eigenvalue weighted by molar-refractivity contribution is 7.09. The Morgan fingerprint density at radius 1 is 1.61 bits per heavy atom. The number of thiophene rings is 1. The molecule has 0 spiro atoms. The van der Waals surface area contributed by atoms with Gasteiger partial charge in [0.2, 0.25) is 0 Å². The highest BCUT2D eigenvalue weighted by atomic mass is 32.1. The van der Waals surface area contributed by atoms with Crippen LogP contribution < -0.4 is 11.1 Å². The van der Waals surface area contributed by atoms with Gasteiger partial charge in [0.05, 0.1) is 18.4 Å². The van der Waals surface area contributed by atoms with E-state index in [-0.39, 0.29) is 0 Å². The Labute approximate surface area is 110 Å². The first-order valence-electron chi connectivity index (χ1n) is 5.65. The Balaban J connectivity index is 1.74. The van der Waals surface area contributed by atoms with Gasteiger partial charge in [-0.25, -0.2) is 4.99 Å². The molecule has 0 aliphatic rings. The van der Waals surface area contributed by atoms with Gasteiger partial charge in [0.25, 0.3) is 0 Å². The molecule has 0 saturated heterocycles. The molecule has 0 radical (unpaired) electrons. The van der Waals surface area contributed by atoms with Crippen molar-refractivity contribution in [1.29, 1.82) is 0 Å². The van der Waals surface area contributed by atoms with Crippen LogP contribution in [0.5, 0.6) is 0 Å². The lowest BCUT2D eigenvalue weighted by Gasteiger charge is -2.04. The SMILES string of the molecule is Cn1nncc1CN=C(N)NCCc1cccs1. The van der Waals surface area contributed by atoms with Crippen LogP contribution in [0.15, 0.2) is 28.7 Å². The minimum Gasteiger partial charge on any atom is -0.370 e. The number of nitrogens with zero attached hydrogens (tertiary/aromatic N) is 4. The van der Waals surface area contributed by atoms with Crippen LogP contribution in [0.3, 0.4) is 0 Å². The lowest BCUT2D eigenvalue weighted by Crippen LogP contribution is -2.33. The molecule has 0 fully saturated rings. The summed E-state index contributed by atoms with van der Waals surface area (Å²) in [5, 5.41) is 12.8. The van der Waals surface area contributed by atoms with Gasteiger partial charge in [-0.2, -0.15) is 0 Å². The fourth-order valence-corrected chi connectivity index (χ4v) is 2.15. The Morgan fingerprint density at radius 2 is 2.50 bits per heavy atom. The molecule has 0 bridgehead atoms. The van der Waals surface area contributed by atoms with Crippen LogP contribution >= 0.6 is 11.3 Å². The summed E-state index contributed by atoms with van der Waals surface area (Å²) in [6.45, 7) is 1.28. The van der Waals surface area contributed by atoms with E-state index in [9.17, 15) is 0 Å². The van der Waals surface area contributed by atoms with E-state index in [1.807, 2.05) is 13.1 Å². The number of aromatic nitrogens is 3. The van der Waals surface area contributed by atoms with Crippen LogP contribution in [0, 0.1) is 0 Å². The molecule has 96 valence electrons. The number of nitrogens with two attached hydrogens (primary N) is 1. The molecule has 0 aliphatic heterocycles. The van der Waals surface area contributed by atoms with E-state index in [2.05, 4.69) is 32.1 Å². The van der Waals surface area contributed by atoms with E-state index in [0.717, 1.165) is 18.7 Å². The minimum atomic E-state index is 0.452. The van der Waals surface area contributed by atoms with Crippen molar-refractivity contribution in [3.8, 4) is 0 Å². The molecule has 0 unspecified atom stereocenters. The monoisotopic (exact) mass is 264 g/mol. The molecule has 2 aromatic heterocycles. The van der Waals surface area contributed by atoms with E-state index < -0.39 is 0 Å². The first kappa shape index (κ1) is 12.6. The summed E-state index contributed by atoms with van der Waals surface area (Å²) in [5.41, 5.74) is 6.70. The maximum absolute atomic E-state index is 5.77. The smallest absolute Gasteiger partial charge is 0.188 e. The number of aryl methyl sites for hydroxylation is 1. The molecule has 6 nitrogen and oxygen atoms in total. The lowest BCUT2D eigenvalue weighted by atomic mass is 10.3. The van der Waals surface area contributed by atoms with Gasteiger partial charge in [-0.05, 0) is 17.9 Å². The number of guanidine groups is 1. The molecule has 2 heterocycles. The number of hydrogen-bond acceptors (Lipinski definition) is 4. The highest BCUT2D eigenvalue weighted by Gasteiger charge is 1.99. The summed E-state index contributed by atoms with van der Waals surface area (Å²) in [7, 11) is 1.83. The van der Waals surface area contributed by atoms with Gasteiger partial charge in [0.1, 0.15) is 0 Å². The molecule has 3 N–H and O–H groups in total. The second-order valence-corrected chi connectivity index (χ2v) is 4.84. The molecule has 0 saturated carbocycles.